The first kappa shape index (κ1) is 32.4. The lowest BCUT2D eigenvalue weighted by molar-refractivity contribution is -0.678. The van der Waals surface area contributed by atoms with Gasteiger partial charge >= 0.3 is 5.89 Å². The number of allylic oxidation sites excluding steroid dienone is 2. The Morgan fingerprint density at radius 2 is 1.76 bits per heavy atom. The lowest BCUT2D eigenvalue weighted by atomic mass is 10.1. The monoisotopic (exact) mass is 653 g/mol. The van der Waals surface area contributed by atoms with Crippen molar-refractivity contribution >= 4 is 43.1 Å². The van der Waals surface area contributed by atoms with Gasteiger partial charge < -0.3 is 14.1 Å². The first-order valence-electron chi connectivity index (χ1n) is 14.7. The second-order valence-corrected chi connectivity index (χ2v) is 14.6. The first-order chi connectivity index (χ1) is 21.3. The van der Waals surface area contributed by atoms with E-state index in [0.717, 1.165) is 33.5 Å². The van der Waals surface area contributed by atoms with Gasteiger partial charge in [-0.1, -0.05) is 49.4 Å². The largest absolute Gasteiger partial charge is 0.439 e. The molecule has 4 aromatic rings. The molecule has 1 aliphatic heterocycles. The predicted octanol–water partition coefficient (Wildman–Crippen LogP) is 6.17. The molecule has 3 aromatic carbocycles. The van der Waals surface area contributed by atoms with Gasteiger partial charge in [-0.3, -0.25) is 9.11 Å². The molecule has 1 aliphatic rings. The van der Waals surface area contributed by atoms with Crippen LogP contribution in [0.15, 0.2) is 88.7 Å². The summed E-state index contributed by atoms with van der Waals surface area (Å²) in [5.41, 5.74) is 6.06. The minimum atomic E-state index is -4.21. The molecule has 2 heterocycles. The summed E-state index contributed by atoms with van der Waals surface area (Å²) in [5.74, 6) is 1.27. The third-order valence-corrected chi connectivity index (χ3v) is 9.86. The Bertz CT molecular complexity index is 1980. The summed E-state index contributed by atoms with van der Waals surface area (Å²) in [7, 11) is -8.33. The molecule has 0 radical (unpaired) electrons. The van der Waals surface area contributed by atoms with E-state index in [9.17, 15) is 25.9 Å². The fourth-order valence-corrected chi connectivity index (χ4v) is 6.12. The summed E-state index contributed by atoms with van der Waals surface area (Å²) in [6.45, 7) is 5.99. The van der Waals surface area contributed by atoms with Crippen LogP contribution in [0.1, 0.15) is 44.6 Å². The highest BCUT2D eigenvalue weighted by Gasteiger charge is 2.28. The van der Waals surface area contributed by atoms with Crippen LogP contribution in [0.5, 0.6) is 5.75 Å². The lowest BCUT2D eigenvalue weighted by Gasteiger charge is -2.18. The molecule has 0 saturated heterocycles. The fraction of sp³-hybridized carbons (Fsp3) is 0.303. The predicted molar refractivity (Wildman–Crippen MR) is 174 cm³/mol. The van der Waals surface area contributed by atoms with Gasteiger partial charge in [-0.15, -0.1) is 0 Å². The van der Waals surface area contributed by atoms with Crippen LogP contribution in [0.25, 0.3) is 28.3 Å². The van der Waals surface area contributed by atoms with Gasteiger partial charge in [0.1, 0.15) is 0 Å². The quantitative estimate of drug-likeness (QED) is 0.136. The maximum Gasteiger partial charge on any atom is 0.374 e. The summed E-state index contributed by atoms with van der Waals surface area (Å²) < 4.78 is 79.7. The number of aromatic nitrogens is 1. The molecule has 1 aromatic heterocycles. The molecular formula is C33H37N2O8S2+. The van der Waals surface area contributed by atoms with Gasteiger partial charge in [0.05, 0.1) is 22.8 Å². The highest BCUT2D eigenvalue weighted by atomic mass is 32.2. The number of anilines is 1. The molecule has 1 atom stereocenters. The molecule has 0 amide bonds. The number of hydrogen-bond acceptors (Lipinski definition) is 7. The molecule has 0 aliphatic carbocycles. The van der Waals surface area contributed by atoms with Gasteiger partial charge in [0.15, 0.2) is 12.3 Å². The Hall–Kier alpha value is -3.97. The highest BCUT2D eigenvalue weighted by molar-refractivity contribution is 7.86. The van der Waals surface area contributed by atoms with E-state index in [0.29, 0.717) is 36.1 Å². The summed E-state index contributed by atoms with van der Waals surface area (Å²) >= 11 is 0. The number of hydrogen-bond donors (Lipinski definition) is 2. The zero-order valence-corrected chi connectivity index (χ0v) is 27.0. The molecule has 0 spiro atoms. The molecule has 0 bridgehead atoms. The van der Waals surface area contributed by atoms with E-state index in [2.05, 4.69) is 0 Å². The Morgan fingerprint density at radius 1 is 1.00 bits per heavy atom. The molecule has 0 fully saturated rings. The number of ether oxygens (including phenoxy) is 1. The second kappa shape index (κ2) is 13.2. The Morgan fingerprint density at radius 3 is 2.44 bits per heavy atom. The van der Waals surface area contributed by atoms with Crippen molar-refractivity contribution in [2.75, 3.05) is 17.2 Å². The lowest BCUT2D eigenvalue weighted by Crippen LogP contribution is -2.37. The average molecular weight is 654 g/mol. The van der Waals surface area contributed by atoms with Crippen LogP contribution in [0, 0.1) is 6.92 Å². The minimum Gasteiger partial charge on any atom is -0.439 e. The van der Waals surface area contributed by atoms with Crippen molar-refractivity contribution in [3.05, 3.63) is 95.7 Å². The van der Waals surface area contributed by atoms with E-state index in [1.165, 1.54) is 6.92 Å². The van der Waals surface area contributed by atoms with E-state index >= 15 is 0 Å². The minimum absolute atomic E-state index is 0.163. The van der Waals surface area contributed by atoms with Crippen LogP contribution in [-0.4, -0.2) is 43.5 Å². The smallest absolute Gasteiger partial charge is 0.374 e. The van der Waals surface area contributed by atoms with Crippen LogP contribution >= 0.6 is 0 Å². The molecule has 5 rings (SSSR count). The number of aryl methyl sites for hydroxylation is 2. The SMILES string of the molecule is CCC(=Cc1oc2ccc(-c3ccccc3)cc2[n+]1CCC(C)S(=O)(=O)O)C=C1Oc2ccc(C)cc2N1CCCS(=O)(=O)O. The Labute approximate surface area is 263 Å². The summed E-state index contributed by atoms with van der Waals surface area (Å²) in [6, 6.07) is 21.5. The summed E-state index contributed by atoms with van der Waals surface area (Å²) in [6.07, 6.45) is 4.69. The van der Waals surface area contributed by atoms with Crippen molar-refractivity contribution in [1.82, 2.24) is 0 Å². The van der Waals surface area contributed by atoms with Gasteiger partial charge in [-0.2, -0.15) is 21.4 Å². The second-order valence-electron chi connectivity index (χ2n) is 11.2. The molecule has 0 saturated carbocycles. The molecule has 2 N–H and O–H groups in total. The first-order valence-corrected chi connectivity index (χ1v) is 17.8. The van der Waals surface area contributed by atoms with Crippen LogP contribution in [-0.2, 0) is 26.8 Å². The molecular weight excluding hydrogens is 617 g/mol. The van der Waals surface area contributed by atoms with Crippen molar-refractivity contribution in [2.24, 2.45) is 0 Å². The Kier molecular flexibility index (Phi) is 9.49. The van der Waals surface area contributed by atoms with Gasteiger partial charge in [0, 0.05) is 25.1 Å². The fourth-order valence-electron chi connectivity index (χ4n) is 5.23. The van der Waals surface area contributed by atoms with Gasteiger partial charge in [0.2, 0.25) is 11.5 Å². The molecule has 238 valence electrons. The molecule has 12 heteroatoms. The number of rotatable bonds is 12. The van der Waals surface area contributed by atoms with Crippen LogP contribution in [0.2, 0.25) is 0 Å². The maximum absolute atomic E-state index is 11.8. The van der Waals surface area contributed by atoms with E-state index in [-0.39, 0.29) is 25.1 Å². The zero-order chi connectivity index (χ0) is 32.4. The topological polar surface area (TPSA) is 138 Å². The Balaban J connectivity index is 1.55. The standard InChI is InChI=1S/C33H36N2O8S2/c1-4-25(20-32-34(16-8-18-44(36,37)38)28-19-23(2)11-13-30(28)42-32)21-33-35(17-15-24(3)45(39,40)41)29-22-27(12-14-31(29)43-33)26-9-6-5-7-10-26/h5-7,9-14,19-22,24H,4,8,15-18H2,1-3H3,(H-,36,37,38,39,40,41)/p+1. The van der Waals surface area contributed by atoms with Crippen LogP contribution in [0.3, 0.4) is 0 Å². The van der Waals surface area contributed by atoms with Crippen molar-refractivity contribution in [3.8, 4) is 16.9 Å². The summed E-state index contributed by atoms with van der Waals surface area (Å²) in [4.78, 5) is 1.89. The van der Waals surface area contributed by atoms with Crippen molar-refractivity contribution in [3.63, 3.8) is 0 Å². The van der Waals surface area contributed by atoms with Crippen molar-refractivity contribution in [1.29, 1.82) is 0 Å². The number of nitrogens with zero attached hydrogens (tertiary/aromatic N) is 2. The van der Waals surface area contributed by atoms with E-state index in [1.807, 2.05) is 102 Å². The summed E-state index contributed by atoms with van der Waals surface area (Å²) in [5, 5.41) is -0.970. The van der Waals surface area contributed by atoms with E-state index in [4.69, 9.17) is 9.15 Å². The van der Waals surface area contributed by atoms with Gasteiger partial charge in [-0.05, 0) is 67.2 Å². The normalized spacial score (nSPS) is 15.4. The van der Waals surface area contributed by atoms with Crippen molar-refractivity contribution in [2.45, 2.75) is 51.8 Å². The zero-order valence-electron chi connectivity index (χ0n) is 25.4. The molecule has 1 unspecified atom stereocenters. The number of oxazole rings is 1. The van der Waals surface area contributed by atoms with E-state index in [1.54, 1.807) is 0 Å². The van der Waals surface area contributed by atoms with Crippen LogP contribution in [0.4, 0.5) is 5.69 Å². The van der Waals surface area contributed by atoms with Crippen LogP contribution < -0.4 is 14.2 Å². The number of benzene rings is 3. The maximum atomic E-state index is 11.8. The molecule has 10 nitrogen and oxygen atoms in total. The van der Waals surface area contributed by atoms with Gasteiger partial charge in [0.25, 0.3) is 25.8 Å². The average Bonchev–Trinajstić information content (AvgIpc) is 3.50. The van der Waals surface area contributed by atoms with E-state index < -0.39 is 25.5 Å². The molecule has 45 heavy (non-hydrogen) atoms. The third-order valence-electron chi connectivity index (χ3n) is 7.80. The van der Waals surface area contributed by atoms with Crippen molar-refractivity contribution < 1.29 is 39.7 Å². The number of fused-ring (bicyclic) bond motifs is 2. The third kappa shape index (κ3) is 7.82. The highest BCUT2D eigenvalue weighted by Crippen LogP contribution is 2.40. The van der Waals surface area contributed by atoms with Gasteiger partial charge in [-0.25, -0.2) is 0 Å².